The average molecular weight is 270 g/mol. The van der Waals surface area contributed by atoms with E-state index in [0.717, 1.165) is 29.9 Å². The minimum Gasteiger partial charge on any atom is -0.497 e. The van der Waals surface area contributed by atoms with E-state index >= 15 is 0 Å². The molecule has 1 aliphatic carbocycles. The molecule has 0 fully saturated rings. The van der Waals surface area contributed by atoms with Gasteiger partial charge in [0.2, 0.25) is 0 Å². The highest BCUT2D eigenvalue weighted by Gasteiger charge is 2.06. The molecule has 106 valence electrons. The molecule has 2 nitrogen and oxygen atoms in total. The summed E-state index contributed by atoms with van der Waals surface area (Å²) in [5, 5.41) is 0. The summed E-state index contributed by atoms with van der Waals surface area (Å²) < 4.78 is 10.6. The Kier molecular flexibility index (Phi) is 4.67. The number of methoxy groups -OCH3 is 2. The van der Waals surface area contributed by atoms with Gasteiger partial charge in [0, 0.05) is 11.6 Å². The molecule has 0 saturated heterocycles. The first-order chi connectivity index (χ1) is 9.63. The fourth-order valence-electron chi connectivity index (χ4n) is 2.27. The molecule has 0 saturated carbocycles. The maximum absolute atomic E-state index is 5.41. The first-order valence-electron chi connectivity index (χ1n) is 6.88. The van der Waals surface area contributed by atoms with Crippen molar-refractivity contribution in [2.24, 2.45) is 0 Å². The zero-order valence-electron chi connectivity index (χ0n) is 12.7. The molecule has 1 aromatic carbocycles. The monoisotopic (exact) mass is 270 g/mol. The van der Waals surface area contributed by atoms with E-state index in [2.05, 4.69) is 32.1 Å². The Morgan fingerprint density at radius 3 is 2.45 bits per heavy atom. The van der Waals surface area contributed by atoms with Gasteiger partial charge < -0.3 is 9.47 Å². The molecule has 0 N–H and O–H groups in total. The Hall–Kier alpha value is -1.96. The van der Waals surface area contributed by atoms with Crippen molar-refractivity contribution in [3.05, 3.63) is 52.6 Å². The van der Waals surface area contributed by atoms with Crippen LogP contribution in [0.15, 0.2) is 47.1 Å². The molecular formula is C18H22O2. The fraction of sp³-hybridized carbons (Fsp3) is 0.333. The van der Waals surface area contributed by atoms with Crippen LogP contribution in [-0.4, -0.2) is 14.2 Å². The Morgan fingerprint density at radius 1 is 1.00 bits per heavy atom. The van der Waals surface area contributed by atoms with Gasteiger partial charge in [-0.25, -0.2) is 0 Å². The second kappa shape index (κ2) is 6.47. The van der Waals surface area contributed by atoms with Crippen LogP contribution in [0.4, 0.5) is 0 Å². The van der Waals surface area contributed by atoms with Crippen LogP contribution in [0, 0.1) is 0 Å². The predicted molar refractivity (Wildman–Crippen MR) is 84.3 cm³/mol. The highest BCUT2D eigenvalue weighted by atomic mass is 16.5. The Morgan fingerprint density at radius 2 is 1.80 bits per heavy atom. The number of allylic oxidation sites excluding steroid dienone is 5. The Balaban J connectivity index is 2.16. The number of ether oxygens (including phenoxy) is 2. The zero-order valence-corrected chi connectivity index (χ0v) is 12.7. The van der Waals surface area contributed by atoms with Crippen molar-refractivity contribution in [3.63, 3.8) is 0 Å². The zero-order chi connectivity index (χ0) is 14.5. The molecule has 1 aliphatic rings. The third kappa shape index (κ3) is 3.32. The number of hydrogen-bond acceptors (Lipinski definition) is 2. The highest BCUT2D eigenvalue weighted by molar-refractivity contribution is 5.61. The summed E-state index contributed by atoms with van der Waals surface area (Å²) in [6.07, 6.45) is 8.69. The van der Waals surface area contributed by atoms with Gasteiger partial charge in [0.05, 0.1) is 14.2 Å². The van der Waals surface area contributed by atoms with Crippen LogP contribution >= 0.6 is 0 Å². The van der Waals surface area contributed by atoms with Crippen LogP contribution in [0.5, 0.6) is 11.5 Å². The molecule has 2 heteroatoms. The number of hydrogen-bond donors (Lipinski definition) is 0. The van der Waals surface area contributed by atoms with E-state index in [9.17, 15) is 0 Å². The van der Waals surface area contributed by atoms with Crippen molar-refractivity contribution in [2.75, 3.05) is 14.2 Å². The van der Waals surface area contributed by atoms with E-state index in [-0.39, 0.29) is 0 Å². The molecular weight excluding hydrogens is 248 g/mol. The molecule has 0 atom stereocenters. The van der Waals surface area contributed by atoms with Crippen LogP contribution in [0.3, 0.4) is 0 Å². The predicted octanol–water partition coefficient (Wildman–Crippen LogP) is 4.77. The topological polar surface area (TPSA) is 18.5 Å². The van der Waals surface area contributed by atoms with Crippen molar-refractivity contribution in [1.82, 2.24) is 0 Å². The second-order valence-corrected chi connectivity index (χ2v) is 5.16. The van der Waals surface area contributed by atoms with E-state index in [1.54, 1.807) is 14.2 Å². The lowest BCUT2D eigenvalue weighted by molar-refractivity contribution is 0.394. The van der Waals surface area contributed by atoms with Gasteiger partial charge in [0.1, 0.15) is 11.5 Å². The van der Waals surface area contributed by atoms with Crippen LogP contribution in [-0.2, 0) is 0 Å². The molecule has 20 heavy (non-hydrogen) atoms. The second-order valence-electron chi connectivity index (χ2n) is 5.16. The third-order valence-corrected chi connectivity index (χ3v) is 3.79. The highest BCUT2D eigenvalue weighted by Crippen LogP contribution is 2.28. The smallest absolute Gasteiger partial charge is 0.129 e. The average Bonchev–Trinajstić information content (AvgIpc) is 2.48. The van der Waals surface area contributed by atoms with Crippen molar-refractivity contribution in [1.29, 1.82) is 0 Å². The van der Waals surface area contributed by atoms with E-state index in [0.29, 0.717) is 0 Å². The minimum absolute atomic E-state index is 0.810. The lowest BCUT2D eigenvalue weighted by Crippen LogP contribution is -1.94. The summed E-state index contributed by atoms with van der Waals surface area (Å²) in [5.41, 5.74) is 5.40. The Labute approximate surface area is 121 Å². The first kappa shape index (κ1) is 14.4. The number of rotatable bonds is 4. The normalized spacial score (nSPS) is 15.5. The van der Waals surface area contributed by atoms with Crippen molar-refractivity contribution < 1.29 is 9.47 Å². The van der Waals surface area contributed by atoms with Crippen LogP contribution in [0.25, 0.3) is 6.08 Å². The van der Waals surface area contributed by atoms with Crippen molar-refractivity contribution in [3.8, 4) is 11.5 Å². The molecule has 0 bridgehead atoms. The Bertz CT molecular complexity index is 577. The van der Waals surface area contributed by atoms with E-state index in [1.807, 2.05) is 18.2 Å². The molecule has 0 radical (unpaired) electrons. The molecule has 0 amide bonds. The molecule has 1 aromatic rings. The summed E-state index contributed by atoms with van der Waals surface area (Å²) in [6, 6.07) is 5.88. The van der Waals surface area contributed by atoms with Crippen LogP contribution in [0.1, 0.15) is 32.3 Å². The van der Waals surface area contributed by atoms with Gasteiger partial charge in [-0.2, -0.15) is 0 Å². The van der Waals surface area contributed by atoms with Gasteiger partial charge in [0.15, 0.2) is 0 Å². The quantitative estimate of drug-likeness (QED) is 0.733. The summed E-state index contributed by atoms with van der Waals surface area (Å²) in [7, 11) is 3.34. The molecule has 0 spiro atoms. The molecule has 0 aliphatic heterocycles. The largest absolute Gasteiger partial charge is 0.497 e. The van der Waals surface area contributed by atoms with Gasteiger partial charge in [-0.15, -0.1) is 0 Å². The van der Waals surface area contributed by atoms with Gasteiger partial charge in [0.25, 0.3) is 0 Å². The van der Waals surface area contributed by atoms with Crippen molar-refractivity contribution >= 4 is 6.08 Å². The van der Waals surface area contributed by atoms with Gasteiger partial charge >= 0.3 is 0 Å². The lowest BCUT2D eigenvalue weighted by Gasteiger charge is -2.13. The standard InChI is InChI=1S/C18H22O2/c1-13-5-6-15(11-14(13)2)7-8-16-9-10-17(19-3)12-18(16)20-4/h6-10,12H,5,11H2,1-4H3/b8-7+. The maximum Gasteiger partial charge on any atom is 0.129 e. The maximum atomic E-state index is 5.41. The minimum atomic E-state index is 0.810. The number of benzene rings is 1. The first-order valence-corrected chi connectivity index (χ1v) is 6.88. The molecule has 0 aromatic heterocycles. The summed E-state index contributed by atoms with van der Waals surface area (Å²) in [6.45, 7) is 4.42. The van der Waals surface area contributed by atoms with Crippen LogP contribution < -0.4 is 9.47 Å². The van der Waals surface area contributed by atoms with E-state index < -0.39 is 0 Å². The lowest BCUT2D eigenvalue weighted by atomic mass is 9.93. The summed E-state index contributed by atoms with van der Waals surface area (Å²) in [4.78, 5) is 0. The SMILES string of the molecule is COc1ccc(/C=C/C2=CCC(C)=C(C)C2)c(OC)c1. The van der Waals surface area contributed by atoms with Crippen molar-refractivity contribution in [2.45, 2.75) is 26.7 Å². The summed E-state index contributed by atoms with van der Waals surface area (Å²) in [5.74, 6) is 1.64. The molecule has 0 unspecified atom stereocenters. The van der Waals surface area contributed by atoms with Gasteiger partial charge in [-0.1, -0.05) is 29.4 Å². The van der Waals surface area contributed by atoms with E-state index in [4.69, 9.17) is 9.47 Å². The molecule has 0 heterocycles. The summed E-state index contributed by atoms with van der Waals surface area (Å²) >= 11 is 0. The fourth-order valence-corrected chi connectivity index (χ4v) is 2.27. The van der Waals surface area contributed by atoms with Crippen LogP contribution in [0.2, 0.25) is 0 Å². The third-order valence-electron chi connectivity index (χ3n) is 3.79. The van der Waals surface area contributed by atoms with E-state index in [1.165, 1.54) is 16.7 Å². The van der Waals surface area contributed by atoms with Gasteiger partial charge in [-0.05, 0) is 44.4 Å². The molecule has 2 rings (SSSR count). The van der Waals surface area contributed by atoms with Gasteiger partial charge in [-0.3, -0.25) is 0 Å².